The highest BCUT2D eigenvalue weighted by Gasteiger charge is 2.28. The van der Waals surface area contributed by atoms with Gasteiger partial charge in [0.1, 0.15) is 6.10 Å². The fourth-order valence-corrected chi connectivity index (χ4v) is 1.48. The molecular formula is C9H17NO3. The van der Waals surface area contributed by atoms with Crippen LogP contribution in [-0.4, -0.2) is 50.3 Å². The topological polar surface area (TPSA) is 38.8 Å². The van der Waals surface area contributed by atoms with Crippen LogP contribution in [0.15, 0.2) is 0 Å². The van der Waals surface area contributed by atoms with Gasteiger partial charge >= 0.3 is 0 Å². The minimum Gasteiger partial charge on any atom is -0.380 e. The Labute approximate surface area is 78.8 Å². The molecule has 2 unspecified atom stereocenters. The highest BCUT2D eigenvalue weighted by atomic mass is 16.5. The molecule has 0 aliphatic carbocycles. The van der Waals surface area contributed by atoms with Gasteiger partial charge in [-0.15, -0.1) is 0 Å². The maximum Gasteiger partial charge on any atom is 0.251 e. The summed E-state index contributed by atoms with van der Waals surface area (Å²) in [6, 6.07) is 0. The highest BCUT2D eigenvalue weighted by Crippen LogP contribution is 2.13. The van der Waals surface area contributed by atoms with Crippen LogP contribution in [0.25, 0.3) is 0 Å². The quantitative estimate of drug-likeness (QED) is 0.636. The van der Waals surface area contributed by atoms with Crippen molar-refractivity contribution in [3.63, 3.8) is 0 Å². The third-order valence-electron chi connectivity index (χ3n) is 2.49. The van der Waals surface area contributed by atoms with Crippen molar-refractivity contribution >= 4 is 5.91 Å². The van der Waals surface area contributed by atoms with E-state index in [2.05, 4.69) is 0 Å². The Morgan fingerprint density at radius 2 is 2.23 bits per heavy atom. The number of carbonyl (C=O) groups excluding carboxylic acids is 1. The van der Waals surface area contributed by atoms with Crippen LogP contribution in [0, 0.1) is 0 Å². The second-order valence-electron chi connectivity index (χ2n) is 3.31. The zero-order chi connectivity index (χ0) is 9.84. The molecule has 1 amide bonds. The summed E-state index contributed by atoms with van der Waals surface area (Å²) < 4.78 is 10.1. The van der Waals surface area contributed by atoms with Gasteiger partial charge in [0.2, 0.25) is 0 Å². The van der Waals surface area contributed by atoms with E-state index in [1.54, 1.807) is 26.0 Å². The first kappa shape index (κ1) is 10.5. The molecule has 1 aliphatic rings. The fourth-order valence-electron chi connectivity index (χ4n) is 1.48. The lowest BCUT2D eigenvalue weighted by Crippen LogP contribution is -2.37. The monoisotopic (exact) mass is 187 g/mol. The average Bonchev–Trinajstić information content (AvgIpc) is 2.63. The molecule has 1 saturated heterocycles. The molecule has 1 aliphatic heterocycles. The number of hydrogen-bond acceptors (Lipinski definition) is 3. The van der Waals surface area contributed by atoms with Crippen molar-refractivity contribution in [2.75, 3.05) is 27.3 Å². The molecule has 2 atom stereocenters. The Balaban J connectivity index is 2.41. The average molecular weight is 187 g/mol. The molecule has 1 heterocycles. The number of nitrogens with zero attached hydrogens (tertiary/aromatic N) is 1. The summed E-state index contributed by atoms with van der Waals surface area (Å²) in [6.07, 6.45) is 0.794. The molecule has 13 heavy (non-hydrogen) atoms. The molecule has 76 valence electrons. The van der Waals surface area contributed by atoms with Gasteiger partial charge < -0.3 is 14.4 Å². The summed E-state index contributed by atoms with van der Waals surface area (Å²) in [5.41, 5.74) is 0. The summed E-state index contributed by atoms with van der Waals surface area (Å²) in [6.45, 7) is 3.25. The van der Waals surface area contributed by atoms with Crippen LogP contribution in [0.5, 0.6) is 0 Å². The van der Waals surface area contributed by atoms with Gasteiger partial charge in [-0.25, -0.2) is 0 Å². The number of likely N-dealkylation sites (tertiary alicyclic amines) is 1. The number of amides is 1. The Morgan fingerprint density at radius 3 is 2.69 bits per heavy atom. The first-order chi connectivity index (χ1) is 6.19. The number of hydrogen-bond donors (Lipinski definition) is 0. The Hall–Kier alpha value is -0.610. The van der Waals surface area contributed by atoms with Gasteiger partial charge in [-0.1, -0.05) is 0 Å². The summed E-state index contributed by atoms with van der Waals surface area (Å²) >= 11 is 0. The van der Waals surface area contributed by atoms with E-state index in [4.69, 9.17) is 9.47 Å². The Kier molecular flexibility index (Phi) is 3.69. The molecule has 1 rings (SSSR count). The largest absolute Gasteiger partial charge is 0.380 e. The van der Waals surface area contributed by atoms with Crippen LogP contribution >= 0.6 is 0 Å². The smallest absolute Gasteiger partial charge is 0.251 e. The number of ether oxygens (including phenoxy) is 2. The maximum atomic E-state index is 11.6. The molecule has 4 heteroatoms. The lowest BCUT2D eigenvalue weighted by atomic mass is 10.3. The first-order valence-corrected chi connectivity index (χ1v) is 4.53. The molecule has 0 aromatic carbocycles. The molecule has 0 N–H and O–H groups in total. The number of carbonyl (C=O) groups is 1. The van der Waals surface area contributed by atoms with Gasteiger partial charge in [0.05, 0.1) is 6.10 Å². The van der Waals surface area contributed by atoms with E-state index in [0.29, 0.717) is 6.54 Å². The maximum absolute atomic E-state index is 11.6. The second-order valence-corrected chi connectivity index (χ2v) is 3.31. The van der Waals surface area contributed by atoms with Crippen molar-refractivity contribution in [2.45, 2.75) is 25.6 Å². The summed E-state index contributed by atoms with van der Waals surface area (Å²) in [7, 11) is 3.23. The van der Waals surface area contributed by atoms with E-state index in [9.17, 15) is 4.79 Å². The third-order valence-corrected chi connectivity index (χ3v) is 2.49. The van der Waals surface area contributed by atoms with Gasteiger partial charge in [0, 0.05) is 27.3 Å². The molecule has 0 radical (unpaired) electrons. The summed E-state index contributed by atoms with van der Waals surface area (Å²) in [5, 5.41) is 0. The normalized spacial score (nSPS) is 24.8. The van der Waals surface area contributed by atoms with Crippen LogP contribution < -0.4 is 0 Å². The van der Waals surface area contributed by atoms with Crippen molar-refractivity contribution in [1.82, 2.24) is 4.90 Å². The lowest BCUT2D eigenvalue weighted by molar-refractivity contribution is -0.140. The van der Waals surface area contributed by atoms with Crippen molar-refractivity contribution in [1.29, 1.82) is 0 Å². The van der Waals surface area contributed by atoms with Crippen LogP contribution in [-0.2, 0) is 14.3 Å². The molecule has 0 spiro atoms. The van der Waals surface area contributed by atoms with Crippen molar-refractivity contribution in [3.05, 3.63) is 0 Å². The minimum atomic E-state index is -0.337. The molecule has 0 bridgehead atoms. The second kappa shape index (κ2) is 4.58. The van der Waals surface area contributed by atoms with Gasteiger partial charge in [-0.05, 0) is 13.3 Å². The van der Waals surface area contributed by atoms with E-state index in [1.165, 1.54) is 0 Å². The van der Waals surface area contributed by atoms with Crippen molar-refractivity contribution in [3.8, 4) is 0 Å². The van der Waals surface area contributed by atoms with Crippen molar-refractivity contribution in [2.24, 2.45) is 0 Å². The molecule has 1 fully saturated rings. The number of rotatable bonds is 3. The van der Waals surface area contributed by atoms with Crippen LogP contribution in [0.2, 0.25) is 0 Å². The highest BCUT2D eigenvalue weighted by molar-refractivity contribution is 5.80. The van der Waals surface area contributed by atoms with Gasteiger partial charge in [-0.2, -0.15) is 0 Å². The molecule has 0 aromatic rings. The molecule has 4 nitrogen and oxygen atoms in total. The van der Waals surface area contributed by atoms with Gasteiger partial charge in [-0.3, -0.25) is 4.79 Å². The molecule has 0 aromatic heterocycles. The fraction of sp³-hybridized carbons (Fsp3) is 0.889. The summed E-state index contributed by atoms with van der Waals surface area (Å²) in [4.78, 5) is 13.4. The predicted molar refractivity (Wildman–Crippen MR) is 48.5 cm³/mol. The number of methoxy groups -OCH3 is 2. The zero-order valence-corrected chi connectivity index (χ0v) is 8.45. The minimum absolute atomic E-state index is 0.0575. The Morgan fingerprint density at radius 1 is 1.54 bits per heavy atom. The van der Waals surface area contributed by atoms with Crippen LogP contribution in [0.4, 0.5) is 0 Å². The van der Waals surface area contributed by atoms with E-state index in [1.807, 2.05) is 0 Å². The molecule has 0 saturated carbocycles. The predicted octanol–water partition coefficient (Wildman–Crippen LogP) is 0.269. The van der Waals surface area contributed by atoms with E-state index in [0.717, 1.165) is 13.0 Å². The Bertz CT molecular complexity index is 184. The SMILES string of the molecule is COC1CCN(C(=O)C(C)OC)C1. The van der Waals surface area contributed by atoms with Crippen LogP contribution in [0.1, 0.15) is 13.3 Å². The standard InChI is InChI=1S/C9H17NO3/c1-7(12-2)9(11)10-5-4-8(6-10)13-3/h7-8H,4-6H2,1-3H3. The van der Waals surface area contributed by atoms with E-state index < -0.39 is 0 Å². The van der Waals surface area contributed by atoms with Crippen molar-refractivity contribution < 1.29 is 14.3 Å². The van der Waals surface area contributed by atoms with E-state index in [-0.39, 0.29) is 18.1 Å². The first-order valence-electron chi connectivity index (χ1n) is 4.53. The lowest BCUT2D eigenvalue weighted by Gasteiger charge is -2.19. The third kappa shape index (κ3) is 2.42. The van der Waals surface area contributed by atoms with E-state index >= 15 is 0 Å². The zero-order valence-electron chi connectivity index (χ0n) is 8.45. The van der Waals surface area contributed by atoms with Crippen LogP contribution in [0.3, 0.4) is 0 Å². The van der Waals surface area contributed by atoms with Gasteiger partial charge in [0.25, 0.3) is 5.91 Å². The molecular weight excluding hydrogens is 170 g/mol. The van der Waals surface area contributed by atoms with Gasteiger partial charge in [0.15, 0.2) is 0 Å². The summed E-state index contributed by atoms with van der Waals surface area (Å²) in [5.74, 6) is 0.0575.